The number of hydrogen-bond donors (Lipinski definition) is 1. The fraction of sp³-hybridized carbons (Fsp3) is 1.00. The van der Waals surface area contributed by atoms with Crippen molar-refractivity contribution in [2.75, 3.05) is 39.3 Å². The van der Waals surface area contributed by atoms with Crippen molar-refractivity contribution in [2.24, 2.45) is 17.8 Å². The summed E-state index contributed by atoms with van der Waals surface area (Å²) in [7, 11) is -3.21. The Hall–Kier alpha value is -0.170. The Bertz CT molecular complexity index is 418. The second-order valence-electron chi connectivity index (χ2n) is 6.41. The molecule has 0 aliphatic carbocycles. The lowest BCUT2D eigenvalue weighted by atomic mass is 9.90. The normalized spacial score (nSPS) is 35.4. The SMILES string of the molecule is CC1CCN(S(=O)(=O)N2CCC3CNCC3C2)CC1. The quantitative estimate of drug-likeness (QED) is 0.805. The lowest BCUT2D eigenvalue weighted by Crippen LogP contribution is -2.51. The topological polar surface area (TPSA) is 52.7 Å². The van der Waals surface area contributed by atoms with E-state index in [9.17, 15) is 8.42 Å². The predicted molar refractivity (Wildman–Crippen MR) is 74.9 cm³/mol. The minimum Gasteiger partial charge on any atom is -0.316 e. The summed E-state index contributed by atoms with van der Waals surface area (Å²) in [5.41, 5.74) is 0. The summed E-state index contributed by atoms with van der Waals surface area (Å²) >= 11 is 0. The van der Waals surface area contributed by atoms with Crippen LogP contribution in [0, 0.1) is 17.8 Å². The van der Waals surface area contributed by atoms with Crippen molar-refractivity contribution in [3.63, 3.8) is 0 Å². The first-order chi connectivity index (χ1) is 9.07. The van der Waals surface area contributed by atoms with Crippen molar-refractivity contribution >= 4 is 10.2 Å². The van der Waals surface area contributed by atoms with Gasteiger partial charge in [-0.2, -0.15) is 17.0 Å². The van der Waals surface area contributed by atoms with E-state index in [2.05, 4.69) is 12.2 Å². The molecule has 0 aromatic rings. The maximum absolute atomic E-state index is 12.7. The molecule has 19 heavy (non-hydrogen) atoms. The van der Waals surface area contributed by atoms with Crippen LogP contribution in [-0.2, 0) is 10.2 Å². The number of fused-ring (bicyclic) bond motifs is 1. The zero-order valence-corrected chi connectivity index (χ0v) is 12.5. The summed E-state index contributed by atoms with van der Waals surface area (Å²) in [6.07, 6.45) is 3.02. The third kappa shape index (κ3) is 2.68. The molecule has 0 aromatic carbocycles. The zero-order chi connectivity index (χ0) is 13.5. The van der Waals surface area contributed by atoms with Gasteiger partial charge >= 0.3 is 0 Å². The van der Waals surface area contributed by atoms with Gasteiger partial charge in [0.25, 0.3) is 10.2 Å². The molecule has 0 radical (unpaired) electrons. The molecule has 5 nitrogen and oxygen atoms in total. The maximum Gasteiger partial charge on any atom is 0.281 e. The summed E-state index contributed by atoms with van der Waals surface area (Å²) in [6, 6.07) is 0. The van der Waals surface area contributed by atoms with Crippen LogP contribution in [0.15, 0.2) is 0 Å². The van der Waals surface area contributed by atoms with E-state index in [1.165, 1.54) is 0 Å². The lowest BCUT2D eigenvalue weighted by Gasteiger charge is -2.38. The van der Waals surface area contributed by atoms with Gasteiger partial charge in [0.2, 0.25) is 0 Å². The molecule has 0 spiro atoms. The van der Waals surface area contributed by atoms with E-state index in [0.29, 0.717) is 43.9 Å². The molecule has 2 unspecified atom stereocenters. The van der Waals surface area contributed by atoms with E-state index in [-0.39, 0.29) is 0 Å². The standard InChI is InChI=1S/C13H25N3O2S/c1-11-2-5-15(6-3-11)19(17,18)16-7-4-12-8-14-9-13(12)10-16/h11-14H,2-10H2,1H3. The smallest absolute Gasteiger partial charge is 0.281 e. The molecule has 3 aliphatic heterocycles. The molecule has 6 heteroatoms. The van der Waals surface area contributed by atoms with Crippen LogP contribution in [0.25, 0.3) is 0 Å². The van der Waals surface area contributed by atoms with Gasteiger partial charge in [-0.05, 0) is 50.1 Å². The average Bonchev–Trinajstić information content (AvgIpc) is 2.86. The number of hydrogen-bond acceptors (Lipinski definition) is 3. The van der Waals surface area contributed by atoms with Gasteiger partial charge in [0, 0.05) is 26.2 Å². The van der Waals surface area contributed by atoms with Crippen LogP contribution in [0.1, 0.15) is 26.2 Å². The minimum atomic E-state index is -3.21. The van der Waals surface area contributed by atoms with Crippen LogP contribution in [0.2, 0.25) is 0 Å². The van der Waals surface area contributed by atoms with Crippen LogP contribution in [-0.4, -0.2) is 56.3 Å². The van der Waals surface area contributed by atoms with E-state index in [0.717, 1.165) is 32.4 Å². The maximum atomic E-state index is 12.7. The third-order valence-corrected chi connectivity index (χ3v) is 7.06. The molecule has 2 atom stereocenters. The monoisotopic (exact) mass is 287 g/mol. The molecule has 3 heterocycles. The molecule has 3 fully saturated rings. The van der Waals surface area contributed by atoms with Gasteiger partial charge in [0.05, 0.1) is 0 Å². The molecule has 0 saturated carbocycles. The second-order valence-corrected chi connectivity index (χ2v) is 8.34. The number of nitrogens with zero attached hydrogens (tertiary/aromatic N) is 2. The third-order valence-electron chi connectivity index (χ3n) is 5.06. The van der Waals surface area contributed by atoms with Crippen LogP contribution in [0.3, 0.4) is 0 Å². The van der Waals surface area contributed by atoms with E-state index in [4.69, 9.17) is 0 Å². The van der Waals surface area contributed by atoms with Gasteiger partial charge in [0.15, 0.2) is 0 Å². The Kier molecular flexibility index (Phi) is 3.86. The summed E-state index contributed by atoms with van der Waals surface area (Å²) in [6.45, 7) is 7.08. The molecular formula is C13H25N3O2S. The van der Waals surface area contributed by atoms with Crippen LogP contribution in [0.5, 0.6) is 0 Å². The van der Waals surface area contributed by atoms with E-state index in [1.807, 2.05) is 0 Å². The van der Waals surface area contributed by atoms with Gasteiger partial charge in [-0.15, -0.1) is 0 Å². The van der Waals surface area contributed by atoms with E-state index < -0.39 is 10.2 Å². The van der Waals surface area contributed by atoms with Gasteiger partial charge in [-0.3, -0.25) is 0 Å². The first kappa shape index (κ1) is 13.8. The summed E-state index contributed by atoms with van der Waals surface area (Å²) in [4.78, 5) is 0. The number of nitrogens with one attached hydrogen (secondary N) is 1. The van der Waals surface area contributed by atoms with Crippen molar-refractivity contribution in [1.82, 2.24) is 13.9 Å². The summed E-state index contributed by atoms with van der Waals surface area (Å²) in [5.74, 6) is 1.87. The summed E-state index contributed by atoms with van der Waals surface area (Å²) < 4.78 is 28.8. The largest absolute Gasteiger partial charge is 0.316 e. The highest BCUT2D eigenvalue weighted by molar-refractivity contribution is 7.86. The van der Waals surface area contributed by atoms with Crippen LogP contribution >= 0.6 is 0 Å². The Morgan fingerprint density at radius 3 is 2.32 bits per heavy atom. The fourth-order valence-electron chi connectivity index (χ4n) is 3.59. The number of rotatable bonds is 2. The molecule has 110 valence electrons. The minimum absolute atomic E-state index is 0.521. The van der Waals surface area contributed by atoms with Crippen LogP contribution in [0.4, 0.5) is 0 Å². The number of piperidine rings is 2. The van der Waals surface area contributed by atoms with Crippen molar-refractivity contribution in [3.05, 3.63) is 0 Å². The van der Waals surface area contributed by atoms with Crippen molar-refractivity contribution in [2.45, 2.75) is 26.2 Å². The molecule has 3 aliphatic rings. The molecule has 0 bridgehead atoms. The molecule has 3 saturated heterocycles. The molecule has 1 N–H and O–H groups in total. The highest BCUT2D eigenvalue weighted by atomic mass is 32.2. The predicted octanol–water partition coefficient (Wildman–Crippen LogP) is 0.504. The zero-order valence-electron chi connectivity index (χ0n) is 11.7. The molecular weight excluding hydrogens is 262 g/mol. The van der Waals surface area contributed by atoms with Gasteiger partial charge < -0.3 is 5.32 Å². The molecule has 3 rings (SSSR count). The van der Waals surface area contributed by atoms with Gasteiger partial charge in [-0.1, -0.05) is 6.92 Å². The lowest BCUT2D eigenvalue weighted by molar-refractivity contribution is 0.203. The Labute approximate surface area is 116 Å². The highest BCUT2D eigenvalue weighted by Gasteiger charge is 2.39. The second kappa shape index (κ2) is 5.31. The first-order valence-corrected chi connectivity index (χ1v) is 8.93. The Morgan fingerprint density at radius 2 is 1.58 bits per heavy atom. The van der Waals surface area contributed by atoms with Crippen molar-refractivity contribution in [3.8, 4) is 0 Å². The van der Waals surface area contributed by atoms with Gasteiger partial charge in [-0.25, -0.2) is 0 Å². The van der Waals surface area contributed by atoms with Crippen LogP contribution < -0.4 is 5.32 Å². The summed E-state index contributed by atoms with van der Waals surface area (Å²) in [5, 5.41) is 3.39. The van der Waals surface area contributed by atoms with Crippen molar-refractivity contribution < 1.29 is 8.42 Å². The Morgan fingerprint density at radius 1 is 0.947 bits per heavy atom. The Balaban J connectivity index is 1.67. The van der Waals surface area contributed by atoms with E-state index in [1.54, 1.807) is 8.61 Å². The average molecular weight is 287 g/mol. The van der Waals surface area contributed by atoms with Gasteiger partial charge in [0.1, 0.15) is 0 Å². The molecule has 0 aromatic heterocycles. The van der Waals surface area contributed by atoms with E-state index >= 15 is 0 Å². The molecule has 0 amide bonds. The first-order valence-electron chi connectivity index (χ1n) is 7.53. The highest BCUT2D eigenvalue weighted by Crippen LogP contribution is 2.30. The fourth-order valence-corrected chi connectivity index (χ4v) is 5.30. The van der Waals surface area contributed by atoms with Crippen molar-refractivity contribution in [1.29, 1.82) is 0 Å².